The molecule has 0 saturated heterocycles. The maximum absolute atomic E-state index is 13.1. The SMILES string of the molecule is O=C1c2c(O)cc(O)cc2O[C@@H](O)[C@]12Cc1cc3c(cc12)OCO3. The molecular formula is C17H12O7. The van der Waals surface area contributed by atoms with Crippen molar-refractivity contribution in [2.75, 3.05) is 6.79 Å². The Morgan fingerprint density at radius 3 is 2.58 bits per heavy atom. The molecule has 2 atom stereocenters. The van der Waals surface area contributed by atoms with Crippen LogP contribution in [0.2, 0.25) is 0 Å². The molecule has 1 aliphatic carbocycles. The summed E-state index contributed by atoms with van der Waals surface area (Å²) in [6.45, 7) is 0.112. The van der Waals surface area contributed by atoms with E-state index in [-0.39, 0.29) is 36.0 Å². The first-order valence-corrected chi connectivity index (χ1v) is 7.39. The highest BCUT2D eigenvalue weighted by Gasteiger charge is 2.60. The molecule has 2 aliphatic heterocycles. The summed E-state index contributed by atoms with van der Waals surface area (Å²) in [5.41, 5.74) is 0.123. The Morgan fingerprint density at radius 2 is 1.79 bits per heavy atom. The number of carbonyl (C=O) groups is 1. The fourth-order valence-electron chi connectivity index (χ4n) is 3.72. The molecule has 2 heterocycles. The van der Waals surface area contributed by atoms with Gasteiger partial charge in [-0.2, -0.15) is 0 Å². The zero-order valence-corrected chi connectivity index (χ0v) is 12.3. The van der Waals surface area contributed by atoms with Gasteiger partial charge in [0.2, 0.25) is 13.1 Å². The second-order valence-corrected chi connectivity index (χ2v) is 6.15. The van der Waals surface area contributed by atoms with Crippen molar-refractivity contribution in [1.82, 2.24) is 0 Å². The van der Waals surface area contributed by atoms with Gasteiger partial charge < -0.3 is 29.5 Å². The number of aliphatic hydroxyl groups excluding tert-OH is 1. The Bertz CT molecular complexity index is 920. The molecule has 0 saturated carbocycles. The number of hydrogen-bond donors (Lipinski definition) is 3. The molecule has 5 rings (SSSR count). The lowest BCUT2D eigenvalue weighted by Gasteiger charge is -2.47. The molecule has 0 radical (unpaired) electrons. The molecule has 2 aromatic carbocycles. The number of rotatable bonds is 0. The van der Waals surface area contributed by atoms with Crippen molar-refractivity contribution in [3.05, 3.63) is 41.0 Å². The standard InChI is InChI=1S/C17H12O7/c18-8-2-10(19)14-13(3-8)24-16(21)17(15(14)20)5-7-1-11-12(4-9(7)17)23-6-22-11/h1-4,16,18-19,21H,5-6H2/t16-,17+/m1/s1. The maximum Gasteiger partial charge on any atom is 0.231 e. The van der Waals surface area contributed by atoms with Gasteiger partial charge in [-0.15, -0.1) is 0 Å². The van der Waals surface area contributed by atoms with E-state index in [1.807, 2.05) is 0 Å². The van der Waals surface area contributed by atoms with Gasteiger partial charge in [-0.1, -0.05) is 0 Å². The minimum absolute atomic E-state index is 0.0372. The third-order valence-corrected chi connectivity index (χ3v) is 4.91. The summed E-state index contributed by atoms with van der Waals surface area (Å²) in [5, 5.41) is 30.1. The van der Waals surface area contributed by atoms with Crippen LogP contribution in [-0.4, -0.2) is 34.2 Å². The van der Waals surface area contributed by atoms with E-state index < -0.39 is 17.5 Å². The van der Waals surface area contributed by atoms with E-state index in [0.717, 1.165) is 11.6 Å². The number of ketones is 1. The molecule has 7 nitrogen and oxygen atoms in total. The quantitative estimate of drug-likeness (QED) is 0.667. The van der Waals surface area contributed by atoms with E-state index in [9.17, 15) is 20.1 Å². The molecule has 0 fully saturated rings. The third kappa shape index (κ3) is 1.43. The number of aromatic hydroxyl groups is 2. The second-order valence-electron chi connectivity index (χ2n) is 6.15. The largest absolute Gasteiger partial charge is 0.508 e. The van der Waals surface area contributed by atoms with Crippen LogP contribution in [0.25, 0.3) is 0 Å². The van der Waals surface area contributed by atoms with E-state index in [4.69, 9.17) is 14.2 Å². The molecule has 3 aliphatic rings. The Kier molecular flexibility index (Phi) is 2.32. The van der Waals surface area contributed by atoms with Crippen molar-refractivity contribution < 1.29 is 34.3 Å². The van der Waals surface area contributed by atoms with E-state index >= 15 is 0 Å². The van der Waals surface area contributed by atoms with Crippen LogP contribution >= 0.6 is 0 Å². The van der Waals surface area contributed by atoms with Crippen molar-refractivity contribution in [3.8, 4) is 28.7 Å². The summed E-state index contributed by atoms with van der Waals surface area (Å²) in [4.78, 5) is 13.1. The van der Waals surface area contributed by atoms with E-state index in [1.54, 1.807) is 12.1 Å². The highest BCUT2D eigenvalue weighted by atomic mass is 16.7. The summed E-state index contributed by atoms with van der Waals surface area (Å²) in [5.74, 6) is 0.00367. The van der Waals surface area contributed by atoms with Gasteiger partial charge in [0.25, 0.3) is 0 Å². The van der Waals surface area contributed by atoms with Gasteiger partial charge in [0.05, 0.1) is 0 Å². The number of ether oxygens (including phenoxy) is 3. The Balaban J connectivity index is 1.69. The molecule has 0 aromatic heterocycles. The lowest BCUT2D eigenvalue weighted by Crippen LogP contribution is -2.59. The van der Waals surface area contributed by atoms with Gasteiger partial charge in [-0.3, -0.25) is 4.79 Å². The first kappa shape index (κ1) is 13.5. The molecule has 0 amide bonds. The lowest BCUT2D eigenvalue weighted by atomic mass is 9.59. The summed E-state index contributed by atoms with van der Waals surface area (Å²) in [6.07, 6.45) is -1.16. The summed E-state index contributed by atoms with van der Waals surface area (Å²) in [6, 6.07) is 5.73. The molecule has 0 unspecified atom stereocenters. The number of hydrogen-bond acceptors (Lipinski definition) is 7. The minimum Gasteiger partial charge on any atom is -0.508 e. The van der Waals surface area contributed by atoms with Gasteiger partial charge >= 0.3 is 0 Å². The van der Waals surface area contributed by atoms with Crippen molar-refractivity contribution in [2.24, 2.45) is 0 Å². The summed E-state index contributed by atoms with van der Waals surface area (Å²) < 4.78 is 16.1. The van der Waals surface area contributed by atoms with Crippen LogP contribution in [-0.2, 0) is 11.8 Å². The van der Waals surface area contributed by atoms with Crippen LogP contribution in [0.4, 0.5) is 0 Å². The maximum atomic E-state index is 13.1. The topological polar surface area (TPSA) is 105 Å². The highest BCUT2D eigenvalue weighted by Crippen LogP contribution is 2.55. The molecular weight excluding hydrogens is 316 g/mol. The summed E-state index contributed by atoms with van der Waals surface area (Å²) in [7, 11) is 0. The van der Waals surface area contributed by atoms with Gasteiger partial charge in [0.1, 0.15) is 28.2 Å². The van der Waals surface area contributed by atoms with Crippen LogP contribution in [0.15, 0.2) is 24.3 Å². The predicted molar refractivity (Wildman–Crippen MR) is 78.7 cm³/mol. The molecule has 1 spiro atoms. The number of carbonyl (C=O) groups excluding carboxylic acids is 1. The molecule has 2 aromatic rings. The van der Waals surface area contributed by atoms with E-state index in [1.165, 1.54) is 6.07 Å². The molecule has 0 bridgehead atoms. The number of Topliss-reactive ketones (excluding diaryl/α,β-unsaturated/α-hetero) is 1. The van der Waals surface area contributed by atoms with Crippen molar-refractivity contribution in [1.29, 1.82) is 0 Å². The first-order valence-electron chi connectivity index (χ1n) is 7.39. The van der Waals surface area contributed by atoms with Gasteiger partial charge in [-0.05, 0) is 29.7 Å². The average Bonchev–Trinajstić information content (AvgIpc) is 2.94. The zero-order valence-electron chi connectivity index (χ0n) is 12.3. The van der Waals surface area contributed by atoms with Crippen molar-refractivity contribution in [3.63, 3.8) is 0 Å². The van der Waals surface area contributed by atoms with Gasteiger partial charge in [0, 0.05) is 12.1 Å². The second kappa shape index (κ2) is 4.12. The molecule has 24 heavy (non-hydrogen) atoms. The van der Waals surface area contributed by atoms with Gasteiger partial charge in [0.15, 0.2) is 17.3 Å². The molecule has 3 N–H and O–H groups in total. The predicted octanol–water partition coefficient (Wildman–Crippen LogP) is 1.21. The number of benzene rings is 2. The highest BCUT2D eigenvalue weighted by molar-refractivity contribution is 6.11. The van der Waals surface area contributed by atoms with Gasteiger partial charge in [-0.25, -0.2) is 0 Å². The third-order valence-electron chi connectivity index (χ3n) is 4.91. The average molecular weight is 328 g/mol. The first-order chi connectivity index (χ1) is 11.5. The number of aliphatic hydroxyl groups is 1. The number of fused-ring (bicyclic) bond motifs is 4. The van der Waals surface area contributed by atoms with Crippen LogP contribution in [0.3, 0.4) is 0 Å². The fraction of sp³-hybridized carbons (Fsp3) is 0.235. The summed E-state index contributed by atoms with van der Waals surface area (Å²) >= 11 is 0. The fourth-order valence-corrected chi connectivity index (χ4v) is 3.72. The zero-order chi connectivity index (χ0) is 16.6. The van der Waals surface area contributed by atoms with Crippen molar-refractivity contribution in [2.45, 2.75) is 18.1 Å². The van der Waals surface area contributed by atoms with E-state index in [2.05, 4.69) is 0 Å². The van der Waals surface area contributed by atoms with Crippen LogP contribution in [0.1, 0.15) is 21.5 Å². The Hall–Kier alpha value is -2.93. The number of phenols is 2. The normalized spacial score (nSPS) is 25.7. The van der Waals surface area contributed by atoms with Crippen molar-refractivity contribution >= 4 is 5.78 Å². The monoisotopic (exact) mass is 328 g/mol. The van der Waals surface area contributed by atoms with E-state index in [0.29, 0.717) is 17.1 Å². The Morgan fingerprint density at radius 1 is 1.04 bits per heavy atom. The molecule has 7 heteroatoms. The Labute approximate surface area is 135 Å². The molecule has 122 valence electrons. The van der Waals surface area contributed by atoms with Crippen LogP contribution in [0, 0.1) is 0 Å². The number of phenolic OH excluding ortho intramolecular Hbond substituents is 2. The lowest BCUT2D eigenvalue weighted by molar-refractivity contribution is -0.0818. The minimum atomic E-state index is -1.42. The van der Waals surface area contributed by atoms with Crippen LogP contribution < -0.4 is 14.2 Å². The van der Waals surface area contributed by atoms with Crippen LogP contribution in [0.5, 0.6) is 28.7 Å². The smallest absolute Gasteiger partial charge is 0.231 e.